The van der Waals surface area contributed by atoms with Crippen LogP contribution in [0, 0.1) is 25.5 Å². The molecule has 0 amide bonds. The van der Waals surface area contributed by atoms with Gasteiger partial charge in [-0.3, -0.25) is 4.99 Å². The number of hydrogen-bond acceptors (Lipinski definition) is 4. The Bertz CT molecular complexity index is 724. The van der Waals surface area contributed by atoms with Crippen LogP contribution in [-0.4, -0.2) is 31.1 Å². The van der Waals surface area contributed by atoms with E-state index >= 15 is 0 Å². The standard InChI is InChI=1S/C16H20F2N4OS.HI/c1-10-15(24-11(2)22-10)9-21-16(19-3)20-6-7-23-14-5-4-12(17)8-13(14)18;/h4-5,8H,6-7,9H2,1-3H3,(H2,19,20,21);1H. The summed E-state index contributed by atoms with van der Waals surface area (Å²) in [6, 6.07) is 3.22. The topological polar surface area (TPSA) is 58.5 Å². The molecule has 138 valence electrons. The van der Waals surface area contributed by atoms with Crippen LogP contribution in [0.4, 0.5) is 8.78 Å². The molecule has 1 aromatic heterocycles. The molecule has 0 saturated carbocycles. The SMILES string of the molecule is CN=C(NCCOc1ccc(F)cc1F)NCc1sc(C)nc1C.I. The second-order valence-corrected chi connectivity index (χ2v) is 6.30. The molecule has 1 aromatic carbocycles. The lowest BCUT2D eigenvalue weighted by atomic mass is 10.3. The van der Waals surface area contributed by atoms with Gasteiger partial charge in [0.05, 0.1) is 23.8 Å². The third-order valence-corrected chi connectivity index (χ3v) is 4.26. The van der Waals surface area contributed by atoms with Gasteiger partial charge in [-0.05, 0) is 26.0 Å². The summed E-state index contributed by atoms with van der Waals surface area (Å²) in [5.74, 6) is -0.703. The number of guanidine groups is 1. The van der Waals surface area contributed by atoms with Gasteiger partial charge in [0.2, 0.25) is 0 Å². The molecule has 9 heteroatoms. The number of aromatic nitrogens is 1. The minimum absolute atomic E-state index is 0. The van der Waals surface area contributed by atoms with Gasteiger partial charge in [0.1, 0.15) is 12.4 Å². The molecular formula is C16H21F2IN4OS. The number of nitrogens with zero attached hydrogens (tertiary/aromatic N) is 2. The van der Waals surface area contributed by atoms with Gasteiger partial charge in [0, 0.05) is 18.0 Å². The van der Waals surface area contributed by atoms with Crippen LogP contribution in [0.5, 0.6) is 5.75 Å². The number of nitrogens with one attached hydrogen (secondary N) is 2. The molecule has 2 aromatic rings. The highest BCUT2D eigenvalue weighted by Crippen LogP contribution is 2.17. The molecule has 2 N–H and O–H groups in total. The Morgan fingerprint density at radius 2 is 2.04 bits per heavy atom. The van der Waals surface area contributed by atoms with E-state index in [2.05, 4.69) is 20.6 Å². The minimum Gasteiger partial charge on any atom is -0.489 e. The molecule has 0 aliphatic carbocycles. The van der Waals surface area contributed by atoms with E-state index < -0.39 is 11.6 Å². The third-order valence-electron chi connectivity index (χ3n) is 3.19. The van der Waals surface area contributed by atoms with Crippen LogP contribution >= 0.6 is 35.3 Å². The Morgan fingerprint density at radius 3 is 2.64 bits per heavy atom. The summed E-state index contributed by atoms with van der Waals surface area (Å²) in [6.45, 7) is 5.23. The summed E-state index contributed by atoms with van der Waals surface area (Å²) >= 11 is 1.64. The van der Waals surface area contributed by atoms with Gasteiger partial charge in [0.15, 0.2) is 17.5 Å². The highest BCUT2D eigenvalue weighted by Gasteiger charge is 2.07. The zero-order chi connectivity index (χ0) is 17.5. The maximum absolute atomic E-state index is 13.4. The quantitative estimate of drug-likeness (QED) is 0.287. The first-order valence-electron chi connectivity index (χ1n) is 7.45. The lowest BCUT2D eigenvalue weighted by Crippen LogP contribution is -2.38. The molecule has 0 spiro atoms. The number of thiazole rings is 1. The fourth-order valence-electron chi connectivity index (χ4n) is 2.04. The summed E-state index contributed by atoms with van der Waals surface area (Å²) in [4.78, 5) is 9.64. The number of benzene rings is 1. The zero-order valence-corrected chi connectivity index (χ0v) is 17.4. The van der Waals surface area contributed by atoms with Crippen LogP contribution in [0.3, 0.4) is 0 Å². The number of rotatable bonds is 6. The second kappa shape index (κ2) is 10.5. The highest BCUT2D eigenvalue weighted by atomic mass is 127. The molecule has 0 fully saturated rings. The first-order chi connectivity index (χ1) is 11.5. The van der Waals surface area contributed by atoms with Crippen molar-refractivity contribution in [2.75, 3.05) is 20.2 Å². The zero-order valence-electron chi connectivity index (χ0n) is 14.2. The number of aliphatic imine (C=N–C) groups is 1. The molecule has 0 aliphatic heterocycles. The van der Waals surface area contributed by atoms with Crippen LogP contribution < -0.4 is 15.4 Å². The summed E-state index contributed by atoms with van der Waals surface area (Å²) in [6.07, 6.45) is 0. The van der Waals surface area contributed by atoms with Crippen molar-refractivity contribution in [3.63, 3.8) is 0 Å². The Morgan fingerprint density at radius 1 is 1.28 bits per heavy atom. The summed E-state index contributed by atoms with van der Waals surface area (Å²) < 4.78 is 31.5. The average molecular weight is 482 g/mol. The van der Waals surface area contributed by atoms with Crippen molar-refractivity contribution in [2.24, 2.45) is 4.99 Å². The van der Waals surface area contributed by atoms with Gasteiger partial charge >= 0.3 is 0 Å². The number of hydrogen-bond donors (Lipinski definition) is 2. The van der Waals surface area contributed by atoms with Gasteiger partial charge in [-0.25, -0.2) is 13.8 Å². The molecule has 25 heavy (non-hydrogen) atoms. The molecule has 0 saturated heterocycles. The molecule has 5 nitrogen and oxygen atoms in total. The predicted molar refractivity (Wildman–Crippen MR) is 107 cm³/mol. The van der Waals surface area contributed by atoms with Gasteiger partial charge in [-0.2, -0.15) is 0 Å². The van der Waals surface area contributed by atoms with E-state index in [1.54, 1.807) is 18.4 Å². The van der Waals surface area contributed by atoms with Crippen LogP contribution in [0.2, 0.25) is 0 Å². The van der Waals surface area contributed by atoms with Crippen molar-refractivity contribution in [3.05, 3.63) is 45.4 Å². The molecule has 0 bridgehead atoms. The van der Waals surface area contributed by atoms with Crippen LogP contribution in [0.25, 0.3) is 0 Å². The van der Waals surface area contributed by atoms with E-state index in [-0.39, 0.29) is 36.3 Å². The van der Waals surface area contributed by atoms with Crippen molar-refractivity contribution in [1.29, 1.82) is 0 Å². The lowest BCUT2D eigenvalue weighted by Gasteiger charge is -2.12. The van der Waals surface area contributed by atoms with Crippen LogP contribution in [-0.2, 0) is 6.54 Å². The van der Waals surface area contributed by atoms with E-state index in [4.69, 9.17) is 4.74 Å². The first-order valence-corrected chi connectivity index (χ1v) is 8.26. The van der Waals surface area contributed by atoms with Gasteiger partial charge < -0.3 is 15.4 Å². The van der Waals surface area contributed by atoms with E-state index in [1.807, 2.05) is 13.8 Å². The summed E-state index contributed by atoms with van der Waals surface area (Å²) in [7, 11) is 1.67. The molecule has 0 aliphatic rings. The average Bonchev–Trinajstić information content (AvgIpc) is 2.86. The fourth-order valence-corrected chi connectivity index (χ4v) is 2.92. The first kappa shape index (κ1) is 21.6. The van der Waals surface area contributed by atoms with Crippen molar-refractivity contribution in [1.82, 2.24) is 15.6 Å². The summed E-state index contributed by atoms with van der Waals surface area (Å²) in [5, 5.41) is 7.29. The van der Waals surface area contributed by atoms with E-state index in [0.29, 0.717) is 19.0 Å². The van der Waals surface area contributed by atoms with Crippen molar-refractivity contribution < 1.29 is 13.5 Å². The maximum atomic E-state index is 13.4. The number of ether oxygens (including phenoxy) is 1. The second-order valence-electron chi connectivity index (χ2n) is 5.02. The van der Waals surface area contributed by atoms with Crippen molar-refractivity contribution >= 4 is 41.3 Å². The summed E-state index contributed by atoms with van der Waals surface area (Å²) in [5.41, 5.74) is 1.01. The van der Waals surface area contributed by atoms with Gasteiger partial charge in [-0.1, -0.05) is 0 Å². The van der Waals surface area contributed by atoms with Crippen molar-refractivity contribution in [3.8, 4) is 5.75 Å². The highest BCUT2D eigenvalue weighted by molar-refractivity contribution is 14.0. The molecule has 2 rings (SSSR count). The lowest BCUT2D eigenvalue weighted by molar-refractivity contribution is 0.304. The number of aryl methyl sites for hydroxylation is 2. The Hall–Kier alpha value is -1.49. The third kappa shape index (κ3) is 6.73. The van der Waals surface area contributed by atoms with E-state index in [1.165, 1.54) is 6.07 Å². The predicted octanol–water partition coefficient (Wildman–Crippen LogP) is 3.40. The molecule has 1 heterocycles. The van der Waals surface area contributed by atoms with E-state index in [9.17, 15) is 8.78 Å². The maximum Gasteiger partial charge on any atom is 0.191 e. The smallest absolute Gasteiger partial charge is 0.191 e. The normalized spacial score (nSPS) is 11.0. The molecule has 0 radical (unpaired) electrons. The Labute approximate surface area is 166 Å². The van der Waals surface area contributed by atoms with Crippen LogP contribution in [0.15, 0.2) is 23.2 Å². The largest absolute Gasteiger partial charge is 0.489 e. The van der Waals surface area contributed by atoms with Crippen molar-refractivity contribution in [2.45, 2.75) is 20.4 Å². The molecule has 0 atom stereocenters. The monoisotopic (exact) mass is 482 g/mol. The fraction of sp³-hybridized carbons (Fsp3) is 0.375. The Balaban J connectivity index is 0.00000312. The van der Waals surface area contributed by atoms with Crippen LogP contribution in [0.1, 0.15) is 15.6 Å². The minimum atomic E-state index is -0.714. The molecule has 0 unspecified atom stereocenters. The van der Waals surface area contributed by atoms with Gasteiger partial charge in [-0.15, -0.1) is 35.3 Å². The number of halogens is 3. The van der Waals surface area contributed by atoms with E-state index in [0.717, 1.165) is 27.7 Å². The Kier molecular flexibility index (Phi) is 9.04. The molecular weight excluding hydrogens is 461 g/mol. The van der Waals surface area contributed by atoms with Gasteiger partial charge in [0.25, 0.3) is 0 Å².